The Morgan fingerprint density at radius 2 is 1.82 bits per heavy atom. The van der Waals surface area contributed by atoms with Crippen LogP contribution in [0.5, 0.6) is 0 Å². The molecule has 0 saturated heterocycles. The standard InChI is InChI=1S/C13H19Cl2NO/c1-13(2,3)12(16)7-11(17)8-4-5-9(14)10(15)6-8/h4-6,11-12,17H,7,16H2,1-3H3/t11-,12+/m1/s1. The molecule has 0 fully saturated rings. The van der Waals surface area contributed by atoms with Gasteiger partial charge in [-0.3, -0.25) is 0 Å². The highest BCUT2D eigenvalue weighted by molar-refractivity contribution is 6.42. The van der Waals surface area contributed by atoms with E-state index in [1.54, 1.807) is 18.2 Å². The predicted molar refractivity (Wildman–Crippen MR) is 73.5 cm³/mol. The number of rotatable bonds is 3. The lowest BCUT2D eigenvalue weighted by atomic mass is 9.83. The van der Waals surface area contributed by atoms with Crippen LogP contribution in [0.25, 0.3) is 0 Å². The molecular weight excluding hydrogens is 257 g/mol. The minimum absolute atomic E-state index is 0.0306. The summed E-state index contributed by atoms with van der Waals surface area (Å²) in [4.78, 5) is 0. The van der Waals surface area contributed by atoms with E-state index in [-0.39, 0.29) is 11.5 Å². The second-order valence-corrected chi connectivity index (χ2v) is 6.21. The molecule has 2 nitrogen and oxygen atoms in total. The van der Waals surface area contributed by atoms with Crippen LogP contribution >= 0.6 is 23.2 Å². The summed E-state index contributed by atoms with van der Waals surface area (Å²) in [5.41, 5.74) is 6.76. The average molecular weight is 276 g/mol. The first-order valence-electron chi connectivity index (χ1n) is 5.60. The molecule has 0 aliphatic rings. The van der Waals surface area contributed by atoms with Crippen molar-refractivity contribution in [3.05, 3.63) is 33.8 Å². The molecule has 0 saturated carbocycles. The fourth-order valence-electron chi connectivity index (χ4n) is 1.45. The van der Waals surface area contributed by atoms with Crippen molar-refractivity contribution < 1.29 is 5.11 Å². The zero-order valence-electron chi connectivity index (χ0n) is 10.4. The molecule has 0 aliphatic heterocycles. The van der Waals surface area contributed by atoms with Gasteiger partial charge in [0, 0.05) is 6.04 Å². The van der Waals surface area contributed by atoms with E-state index in [0.717, 1.165) is 5.56 Å². The largest absolute Gasteiger partial charge is 0.388 e. The number of aliphatic hydroxyl groups excluding tert-OH is 1. The van der Waals surface area contributed by atoms with Gasteiger partial charge in [0.2, 0.25) is 0 Å². The van der Waals surface area contributed by atoms with Gasteiger partial charge >= 0.3 is 0 Å². The molecular formula is C13H19Cl2NO. The van der Waals surface area contributed by atoms with Gasteiger partial charge in [-0.05, 0) is 29.5 Å². The zero-order valence-corrected chi connectivity index (χ0v) is 11.9. The lowest BCUT2D eigenvalue weighted by Crippen LogP contribution is -2.36. The molecule has 0 spiro atoms. The van der Waals surface area contributed by atoms with E-state index in [4.69, 9.17) is 28.9 Å². The Bertz CT molecular complexity index is 387. The maximum atomic E-state index is 10.1. The number of aliphatic hydroxyl groups is 1. The molecule has 0 amide bonds. The first-order chi connectivity index (χ1) is 7.71. The van der Waals surface area contributed by atoms with Gasteiger partial charge in [-0.1, -0.05) is 50.0 Å². The van der Waals surface area contributed by atoms with Crippen LogP contribution in [0.3, 0.4) is 0 Å². The van der Waals surface area contributed by atoms with E-state index in [9.17, 15) is 5.11 Å². The highest BCUT2D eigenvalue weighted by Gasteiger charge is 2.24. The van der Waals surface area contributed by atoms with Gasteiger partial charge in [0.05, 0.1) is 16.1 Å². The highest BCUT2D eigenvalue weighted by atomic mass is 35.5. The summed E-state index contributed by atoms with van der Waals surface area (Å²) in [5.74, 6) is 0. The highest BCUT2D eigenvalue weighted by Crippen LogP contribution is 2.30. The third-order valence-corrected chi connectivity index (χ3v) is 3.66. The number of halogens is 2. The number of benzene rings is 1. The minimum atomic E-state index is -0.612. The van der Waals surface area contributed by atoms with Gasteiger partial charge in [-0.2, -0.15) is 0 Å². The summed E-state index contributed by atoms with van der Waals surface area (Å²) < 4.78 is 0. The van der Waals surface area contributed by atoms with Crippen molar-refractivity contribution in [1.82, 2.24) is 0 Å². The Hall–Kier alpha value is -0.280. The topological polar surface area (TPSA) is 46.2 Å². The van der Waals surface area contributed by atoms with Crippen molar-refractivity contribution in [2.45, 2.75) is 39.3 Å². The quantitative estimate of drug-likeness (QED) is 0.882. The molecule has 4 heteroatoms. The first kappa shape index (κ1) is 14.8. The molecule has 17 heavy (non-hydrogen) atoms. The van der Waals surface area contributed by atoms with Gasteiger partial charge < -0.3 is 10.8 Å². The zero-order chi connectivity index (χ0) is 13.2. The number of hydrogen-bond acceptors (Lipinski definition) is 2. The van der Waals surface area contributed by atoms with Gasteiger partial charge in [0.1, 0.15) is 0 Å². The summed E-state index contributed by atoms with van der Waals surface area (Å²) in [6.45, 7) is 6.16. The molecule has 0 unspecified atom stereocenters. The fourth-order valence-corrected chi connectivity index (χ4v) is 1.76. The monoisotopic (exact) mass is 275 g/mol. The first-order valence-corrected chi connectivity index (χ1v) is 6.36. The SMILES string of the molecule is CC(C)(C)[C@@H](N)C[C@@H](O)c1ccc(Cl)c(Cl)c1. The van der Waals surface area contributed by atoms with Crippen molar-refractivity contribution in [1.29, 1.82) is 0 Å². The van der Waals surface area contributed by atoms with Gasteiger partial charge in [0.15, 0.2) is 0 Å². The third kappa shape index (κ3) is 4.14. The van der Waals surface area contributed by atoms with Crippen LogP contribution in [0.4, 0.5) is 0 Å². The van der Waals surface area contributed by atoms with Crippen LogP contribution in [0.1, 0.15) is 38.9 Å². The van der Waals surface area contributed by atoms with Crippen LogP contribution in [-0.2, 0) is 0 Å². The summed E-state index contributed by atoms with van der Waals surface area (Å²) in [7, 11) is 0. The van der Waals surface area contributed by atoms with Gasteiger partial charge in [-0.15, -0.1) is 0 Å². The Morgan fingerprint density at radius 3 is 2.29 bits per heavy atom. The summed E-state index contributed by atoms with van der Waals surface area (Å²) >= 11 is 11.7. The summed E-state index contributed by atoms with van der Waals surface area (Å²) in [6.07, 6.45) is -0.111. The minimum Gasteiger partial charge on any atom is -0.388 e. The fraction of sp³-hybridized carbons (Fsp3) is 0.538. The molecule has 0 aliphatic carbocycles. The Balaban J connectivity index is 2.76. The van der Waals surface area contributed by atoms with Crippen LogP contribution in [0, 0.1) is 5.41 Å². The van der Waals surface area contributed by atoms with Gasteiger partial charge in [0.25, 0.3) is 0 Å². The predicted octanol–water partition coefficient (Wildman–Crippen LogP) is 3.79. The smallest absolute Gasteiger partial charge is 0.0805 e. The molecule has 1 rings (SSSR count). The summed E-state index contributed by atoms with van der Waals surface area (Å²) in [5, 5.41) is 11.0. The van der Waals surface area contributed by atoms with Crippen molar-refractivity contribution >= 4 is 23.2 Å². The number of nitrogens with two attached hydrogens (primary N) is 1. The maximum Gasteiger partial charge on any atom is 0.0805 e. The molecule has 0 heterocycles. The van der Waals surface area contributed by atoms with Crippen molar-refractivity contribution in [3.8, 4) is 0 Å². The molecule has 0 aromatic heterocycles. The maximum absolute atomic E-state index is 10.1. The Morgan fingerprint density at radius 1 is 1.24 bits per heavy atom. The Labute approximate surface area is 113 Å². The van der Waals surface area contributed by atoms with Crippen LogP contribution in [-0.4, -0.2) is 11.1 Å². The second kappa shape index (κ2) is 5.57. The normalized spacial score (nSPS) is 15.7. The van der Waals surface area contributed by atoms with E-state index < -0.39 is 6.10 Å². The van der Waals surface area contributed by atoms with Crippen LogP contribution in [0.2, 0.25) is 10.0 Å². The molecule has 3 N–H and O–H groups in total. The van der Waals surface area contributed by atoms with E-state index in [1.807, 2.05) is 0 Å². The second-order valence-electron chi connectivity index (χ2n) is 5.40. The lowest BCUT2D eigenvalue weighted by Gasteiger charge is -2.29. The number of hydrogen-bond donors (Lipinski definition) is 2. The lowest BCUT2D eigenvalue weighted by molar-refractivity contribution is 0.133. The third-order valence-electron chi connectivity index (χ3n) is 2.92. The van der Waals surface area contributed by atoms with Crippen LogP contribution in [0.15, 0.2) is 18.2 Å². The molecule has 1 aromatic rings. The van der Waals surface area contributed by atoms with Crippen molar-refractivity contribution in [2.24, 2.45) is 11.1 Å². The Kier molecular flexibility index (Phi) is 4.85. The summed E-state index contributed by atoms with van der Waals surface area (Å²) in [6, 6.07) is 5.07. The van der Waals surface area contributed by atoms with Gasteiger partial charge in [-0.25, -0.2) is 0 Å². The van der Waals surface area contributed by atoms with Crippen molar-refractivity contribution in [2.75, 3.05) is 0 Å². The molecule has 2 atom stereocenters. The van der Waals surface area contributed by atoms with Crippen molar-refractivity contribution in [3.63, 3.8) is 0 Å². The van der Waals surface area contributed by atoms with E-state index >= 15 is 0 Å². The molecule has 0 bridgehead atoms. The molecule has 0 radical (unpaired) electrons. The molecule has 96 valence electrons. The average Bonchev–Trinajstić information content (AvgIpc) is 2.20. The van der Waals surface area contributed by atoms with E-state index in [0.29, 0.717) is 16.5 Å². The van der Waals surface area contributed by atoms with E-state index in [2.05, 4.69) is 20.8 Å². The van der Waals surface area contributed by atoms with E-state index in [1.165, 1.54) is 0 Å². The molecule has 1 aromatic carbocycles. The van der Waals surface area contributed by atoms with Crippen LogP contribution < -0.4 is 5.73 Å².